The molecule has 1 N–H and O–H groups in total. The molecule has 0 radical (unpaired) electrons. The molecule has 1 amide bonds. The highest BCUT2D eigenvalue weighted by Crippen LogP contribution is 2.21. The highest BCUT2D eigenvalue weighted by atomic mass is 32.1. The van der Waals surface area contributed by atoms with Gasteiger partial charge in [0.2, 0.25) is 5.91 Å². The summed E-state index contributed by atoms with van der Waals surface area (Å²) in [6, 6.07) is 13.6. The molecule has 0 unspecified atom stereocenters. The van der Waals surface area contributed by atoms with Crippen molar-refractivity contribution < 1.29 is 4.79 Å². The molecule has 2 aromatic heterocycles. The third-order valence-corrected chi connectivity index (χ3v) is 4.34. The van der Waals surface area contributed by atoms with Crippen LogP contribution in [-0.4, -0.2) is 15.9 Å². The average molecular weight is 323 g/mol. The van der Waals surface area contributed by atoms with Crippen LogP contribution in [0.15, 0.2) is 54.0 Å². The Balaban J connectivity index is 1.63. The van der Waals surface area contributed by atoms with E-state index in [9.17, 15) is 4.79 Å². The van der Waals surface area contributed by atoms with E-state index < -0.39 is 0 Å². The van der Waals surface area contributed by atoms with Crippen molar-refractivity contribution in [1.82, 2.24) is 9.97 Å². The lowest BCUT2D eigenvalue weighted by Crippen LogP contribution is -2.14. The highest BCUT2D eigenvalue weighted by Gasteiger charge is 2.10. The Kier molecular flexibility index (Phi) is 4.78. The molecule has 0 saturated heterocycles. The van der Waals surface area contributed by atoms with Crippen LogP contribution in [-0.2, 0) is 17.6 Å². The summed E-state index contributed by atoms with van der Waals surface area (Å²) in [5.74, 6) is -0.0629. The second-order valence-electron chi connectivity index (χ2n) is 5.13. The van der Waals surface area contributed by atoms with Gasteiger partial charge < -0.3 is 5.32 Å². The molecule has 0 saturated carbocycles. The molecule has 0 aliphatic heterocycles. The van der Waals surface area contributed by atoms with Crippen molar-refractivity contribution in [2.45, 2.75) is 19.8 Å². The molecule has 116 valence electrons. The number of aryl methyl sites for hydroxylation is 1. The third kappa shape index (κ3) is 4.02. The Morgan fingerprint density at radius 1 is 1.17 bits per heavy atom. The molecule has 0 aliphatic rings. The molecule has 0 aliphatic carbocycles. The zero-order valence-corrected chi connectivity index (χ0v) is 13.6. The van der Waals surface area contributed by atoms with Gasteiger partial charge in [0.05, 0.1) is 17.8 Å². The number of benzene rings is 1. The Morgan fingerprint density at radius 2 is 2.00 bits per heavy atom. The maximum Gasteiger partial charge on any atom is 0.230 e. The summed E-state index contributed by atoms with van der Waals surface area (Å²) in [6.45, 7) is 2.11. The number of pyridine rings is 1. The van der Waals surface area contributed by atoms with Gasteiger partial charge in [-0.1, -0.05) is 25.1 Å². The van der Waals surface area contributed by atoms with Gasteiger partial charge in [0.1, 0.15) is 5.01 Å². The summed E-state index contributed by atoms with van der Waals surface area (Å²) in [4.78, 5) is 20.9. The SMILES string of the molecule is CCc1ccc(NC(=O)Cc2csc(-c3ccccn3)n2)cc1. The molecular formula is C18H17N3OS. The van der Waals surface area contributed by atoms with E-state index in [1.165, 1.54) is 16.9 Å². The lowest BCUT2D eigenvalue weighted by atomic mass is 10.1. The Morgan fingerprint density at radius 3 is 2.70 bits per heavy atom. The first kappa shape index (κ1) is 15.4. The summed E-state index contributed by atoms with van der Waals surface area (Å²) in [6.07, 6.45) is 2.99. The molecule has 23 heavy (non-hydrogen) atoms. The van der Waals surface area contributed by atoms with Crippen molar-refractivity contribution in [3.63, 3.8) is 0 Å². The molecule has 1 aromatic carbocycles. The summed E-state index contributed by atoms with van der Waals surface area (Å²) >= 11 is 1.50. The zero-order chi connectivity index (χ0) is 16.1. The first-order valence-electron chi connectivity index (χ1n) is 7.49. The molecule has 0 bridgehead atoms. The number of hydrogen-bond acceptors (Lipinski definition) is 4. The lowest BCUT2D eigenvalue weighted by molar-refractivity contribution is -0.115. The fraction of sp³-hybridized carbons (Fsp3) is 0.167. The molecule has 0 fully saturated rings. The summed E-state index contributed by atoms with van der Waals surface area (Å²) in [5, 5.41) is 5.64. The minimum atomic E-state index is -0.0629. The predicted molar refractivity (Wildman–Crippen MR) is 93.5 cm³/mol. The summed E-state index contributed by atoms with van der Waals surface area (Å²) < 4.78 is 0. The maximum absolute atomic E-state index is 12.1. The van der Waals surface area contributed by atoms with E-state index in [0.29, 0.717) is 0 Å². The monoisotopic (exact) mass is 323 g/mol. The minimum absolute atomic E-state index is 0.0629. The largest absolute Gasteiger partial charge is 0.326 e. The molecule has 3 rings (SSSR count). The van der Waals surface area contributed by atoms with E-state index in [1.807, 2.05) is 47.8 Å². The van der Waals surface area contributed by atoms with Crippen molar-refractivity contribution in [2.75, 3.05) is 5.32 Å². The number of thiazole rings is 1. The fourth-order valence-electron chi connectivity index (χ4n) is 2.19. The Labute approximate surface area is 139 Å². The molecule has 3 aromatic rings. The van der Waals surface area contributed by atoms with Gasteiger partial charge in [-0.25, -0.2) is 4.98 Å². The van der Waals surface area contributed by atoms with E-state index in [4.69, 9.17) is 0 Å². The molecule has 4 nitrogen and oxygen atoms in total. The van der Waals surface area contributed by atoms with Crippen molar-refractivity contribution in [3.05, 3.63) is 65.3 Å². The standard InChI is InChI=1S/C18H17N3OS/c1-2-13-6-8-14(9-7-13)20-17(22)11-15-12-23-18(21-15)16-5-3-4-10-19-16/h3-10,12H,2,11H2,1H3,(H,20,22). The van der Waals surface area contributed by atoms with Gasteiger partial charge in [-0.2, -0.15) is 0 Å². The minimum Gasteiger partial charge on any atom is -0.326 e. The van der Waals surface area contributed by atoms with Gasteiger partial charge >= 0.3 is 0 Å². The number of carbonyl (C=O) groups excluding carboxylic acids is 1. The van der Waals surface area contributed by atoms with Gasteiger partial charge in [-0.15, -0.1) is 11.3 Å². The Bertz CT molecular complexity index is 782. The van der Waals surface area contributed by atoms with Crippen LogP contribution in [0.4, 0.5) is 5.69 Å². The van der Waals surface area contributed by atoms with Gasteiger partial charge in [0.25, 0.3) is 0 Å². The number of carbonyl (C=O) groups is 1. The van der Waals surface area contributed by atoms with Crippen LogP contribution in [0.5, 0.6) is 0 Å². The van der Waals surface area contributed by atoms with Crippen molar-refractivity contribution in [3.8, 4) is 10.7 Å². The van der Waals surface area contributed by atoms with E-state index >= 15 is 0 Å². The van der Waals surface area contributed by atoms with Crippen LogP contribution in [0.25, 0.3) is 10.7 Å². The lowest BCUT2D eigenvalue weighted by Gasteiger charge is -2.05. The van der Waals surface area contributed by atoms with E-state index in [0.717, 1.165) is 28.5 Å². The third-order valence-electron chi connectivity index (χ3n) is 3.42. The fourth-order valence-corrected chi connectivity index (χ4v) is 2.98. The molecular weight excluding hydrogens is 306 g/mol. The zero-order valence-electron chi connectivity index (χ0n) is 12.8. The number of anilines is 1. The van der Waals surface area contributed by atoms with E-state index in [2.05, 4.69) is 22.2 Å². The molecule has 0 atom stereocenters. The van der Waals surface area contributed by atoms with Gasteiger partial charge in [-0.3, -0.25) is 9.78 Å². The number of hydrogen-bond donors (Lipinski definition) is 1. The van der Waals surface area contributed by atoms with Crippen molar-refractivity contribution in [1.29, 1.82) is 0 Å². The normalized spacial score (nSPS) is 10.5. The second kappa shape index (κ2) is 7.15. The smallest absolute Gasteiger partial charge is 0.230 e. The number of nitrogens with one attached hydrogen (secondary N) is 1. The first-order valence-corrected chi connectivity index (χ1v) is 8.37. The molecule has 0 spiro atoms. The molecule has 5 heteroatoms. The van der Waals surface area contributed by atoms with Crippen LogP contribution < -0.4 is 5.32 Å². The number of aromatic nitrogens is 2. The summed E-state index contributed by atoms with van der Waals surface area (Å²) in [7, 11) is 0. The average Bonchev–Trinajstić information content (AvgIpc) is 3.04. The molecule has 2 heterocycles. The predicted octanol–water partition coefficient (Wildman–Crippen LogP) is 3.95. The Hall–Kier alpha value is -2.53. The van der Waals surface area contributed by atoms with Crippen LogP contribution in [0.1, 0.15) is 18.2 Å². The first-order chi connectivity index (χ1) is 11.2. The van der Waals surface area contributed by atoms with Crippen molar-refractivity contribution in [2.24, 2.45) is 0 Å². The van der Waals surface area contributed by atoms with Crippen molar-refractivity contribution >= 4 is 22.9 Å². The van der Waals surface area contributed by atoms with Gasteiger partial charge in [-0.05, 0) is 36.2 Å². The number of rotatable bonds is 5. The number of nitrogens with zero attached hydrogens (tertiary/aromatic N) is 2. The quantitative estimate of drug-likeness (QED) is 0.773. The maximum atomic E-state index is 12.1. The number of amides is 1. The highest BCUT2D eigenvalue weighted by molar-refractivity contribution is 7.13. The van der Waals surface area contributed by atoms with Gasteiger partial charge in [0, 0.05) is 17.3 Å². The second-order valence-corrected chi connectivity index (χ2v) is 5.99. The van der Waals surface area contributed by atoms with Crippen LogP contribution in [0, 0.1) is 0 Å². The van der Waals surface area contributed by atoms with E-state index in [-0.39, 0.29) is 12.3 Å². The summed E-state index contributed by atoms with van der Waals surface area (Å²) in [5.41, 5.74) is 3.66. The van der Waals surface area contributed by atoms with Crippen LogP contribution >= 0.6 is 11.3 Å². The van der Waals surface area contributed by atoms with Crippen LogP contribution in [0.3, 0.4) is 0 Å². The van der Waals surface area contributed by atoms with E-state index in [1.54, 1.807) is 6.20 Å². The van der Waals surface area contributed by atoms with Gasteiger partial charge in [0.15, 0.2) is 0 Å². The van der Waals surface area contributed by atoms with Crippen LogP contribution in [0.2, 0.25) is 0 Å². The topological polar surface area (TPSA) is 54.9 Å².